The smallest absolute Gasteiger partial charge is 0.200 e. The third-order valence-electron chi connectivity index (χ3n) is 3.49. The van der Waals surface area contributed by atoms with Crippen molar-refractivity contribution in [1.29, 1.82) is 0 Å². The number of carbonyl (C=O) groups is 1. The van der Waals surface area contributed by atoms with Gasteiger partial charge in [0.15, 0.2) is 12.4 Å². The molecular weight excluding hydrogens is 260 g/mol. The van der Waals surface area contributed by atoms with Crippen LogP contribution in [0.25, 0.3) is 0 Å². The van der Waals surface area contributed by atoms with Crippen LogP contribution in [0.4, 0.5) is 0 Å². The van der Waals surface area contributed by atoms with Crippen LogP contribution in [0.2, 0.25) is 0 Å². The third kappa shape index (κ3) is 4.75. The number of Topliss-reactive ketones (excluding diaryl/α,β-unsaturated/α-hetero) is 1. The molecule has 2 aromatic carbocycles. The minimum atomic E-state index is 0.00468. The van der Waals surface area contributed by atoms with E-state index in [4.69, 9.17) is 4.74 Å². The second-order valence-corrected chi connectivity index (χ2v) is 5.33. The van der Waals surface area contributed by atoms with Gasteiger partial charge in [0, 0.05) is 5.56 Å². The van der Waals surface area contributed by atoms with Gasteiger partial charge in [0.1, 0.15) is 5.75 Å². The summed E-state index contributed by atoms with van der Waals surface area (Å²) >= 11 is 0. The lowest BCUT2D eigenvalue weighted by molar-refractivity contribution is 0.0921. The molecule has 0 fully saturated rings. The number of unbranched alkanes of at least 4 members (excludes halogenated alkanes) is 1. The highest BCUT2D eigenvalue weighted by Gasteiger charge is 2.06. The standard InChI is InChI=1S/C19H22O2/c1-3-4-5-16-8-12-18(13-9-16)21-14-19(20)17-10-6-15(2)7-11-17/h6-13H,3-5,14H2,1-2H3. The first-order valence-electron chi connectivity index (χ1n) is 7.50. The molecule has 0 atom stereocenters. The molecule has 0 bridgehead atoms. The molecule has 0 heterocycles. The van der Waals surface area contributed by atoms with Crippen molar-refractivity contribution in [2.75, 3.05) is 6.61 Å². The fourth-order valence-electron chi connectivity index (χ4n) is 2.10. The summed E-state index contributed by atoms with van der Waals surface area (Å²) in [6.07, 6.45) is 3.49. The number of rotatable bonds is 7. The third-order valence-corrected chi connectivity index (χ3v) is 3.49. The molecule has 2 nitrogen and oxygen atoms in total. The molecule has 110 valence electrons. The van der Waals surface area contributed by atoms with Gasteiger partial charge in [-0.3, -0.25) is 4.79 Å². The lowest BCUT2D eigenvalue weighted by Gasteiger charge is -2.07. The van der Waals surface area contributed by atoms with Crippen molar-refractivity contribution in [3.63, 3.8) is 0 Å². The fourth-order valence-corrected chi connectivity index (χ4v) is 2.10. The van der Waals surface area contributed by atoms with Gasteiger partial charge in [0.2, 0.25) is 0 Å². The van der Waals surface area contributed by atoms with Gasteiger partial charge >= 0.3 is 0 Å². The molecule has 0 saturated carbocycles. The van der Waals surface area contributed by atoms with Crippen LogP contribution in [0.5, 0.6) is 5.75 Å². The van der Waals surface area contributed by atoms with Gasteiger partial charge in [-0.25, -0.2) is 0 Å². The molecule has 2 rings (SSSR count). The molecule has 0 aliphatic carbocycles. The predicted octanol–water partition coefficient (Wildman–Crippen LogP) is 4.60. The summed E-state index contributed by atoms with van der Waals surface area (Å²) in [6.45, 7) is 4.27. The van der Waals surface area contributed by atoms with Crippen molar-refractivity contribution in [2.45, 2.75) is 33.1 Å². The van der Waals surface area contributed by atoms with Crippen LogP contribution in [-0.4, -0.2) is 12.4 Å². The molecular formula is C19H22O2. The lowest BCUT2D eigenvalue weighted by Crippen LogP contribution is -2.11. The van der Waals surface area contributed by atoms with Crippen molar-refractivity contribution in [2.24, 2.45) is 0 Å². The fraction of sp³-hybridized carbons (Fsp3) is 0.316. The van der Waals surface area contributed by atoms with Crippen LogP contribution in [0.3, 0.4) is 0 Å². The number of ketones is 1. The molecule has 0 saturated heterocycles. The van der Waals surface area contributed by atoms with E-state index < -0.39 is 0 Å². The number of hydrogen-bond donors (Lipinski definition) is 0. The summed E-state index contributed by atoms with van der Waals surface area (Å²) in [5.41, 5.74) is 3.16. The van der Waals surface area contributed by atoms with Gasteiger partial charge in [0.05, 0.1) is 0 Å². The van der Waals surface area contributed by atoms with Crippen molar-refractivity contribution >= 4 is 5.78 Å². The number of aryl methyl sites for hydroxylation is 2. The highest BCUT2D eigenvalue weighted by molar-refractivity contribution is 5.97. The zero-order valence-electron chi connectivity index (χ0n) is 12.8. The van der Waals surface area contributed by atoms with Gasteiger partial charge in [-0.15, -0.1) is 0 Å². The van der Waals surface area contributed by atoms with Crippen LogP contribution in [0, 0.1) is 6.92 Å². The summed E-state index contributed by atoms with van der Waals surface area (Å²) in [6, 6.07) is 15.6. The van der Waals surface area contributed by atoms with Crippen molar-refractivity contribution in [3.05, 3.63) is 65.2 Å². The Morgan fingerprint density at radius 2 is 1.67 bits per heavy atom. The zero-order valence-corrected chi connectivity index (χ0v) is 12.8. The van der Waals surface area contributed by atoms with Crippen molar-refractivity contribution in [1.82, 2.24) is 0 Å². The maximum atomic E-state index is 12.0. The summed E-state index contributed by atoms with van der Waals surface area (Å²) in [5.74, 6) is 0.751. The number of ether oxygens (including phenoxy) is 1. The Kier molecular flexibility index (Phi) is 5.56. The molecule has 0 aliphatic heterocycles. The molecule has 21 heavy (non-hydrogen) atoms. The van der Waals surface area contributed by atoms with Crippen molar-refractivity contribution in [3.8, 4) is 5.75 Å². The van der Waals surface area contributed by atoms with Gasteiger partial charge in [0.25, 0.3) is 0 Å². The largest absolute Gasteiger partial charge is 0.485 e. The van der Waals surface area contributed by atoms with E-state index in [9.17, 15) is 4.79 Å². The van der Waals surface area contributed by atoms with E-state index in [1.54, 1.807) is 0 Å². The second-order valence-electron chi connectivity index (χ2n) is 5.33. The van der Waals surface area contributed by atoms with E-state index in [1.165, 1.54) is 18.4 Å². The molecule has 2 aromatic rings. The summed E-state index contributed by atoms with van der Waals surface area (Å²) < 4.78 is 5.56. The Balaban J connectivity index is 1.87. The van der Waals surface area contributed by atoms with Gasteiger partial charge in [-0.2, -0.15) is 0 Å². The molecule has 0 amide bonds. The molecule has 0 N–H and O–H groups in total. The average molecular weight is 282 g/mol. The van der Waals surface area contributed by atoms with Gasteiger partial charge < -0.3 is 4.74 Å². The summed E-state index contributed by atoms with van der Waals surface area (Å²) in [4.78, 5) is 12.0. The molecule has 0 aromatic heterocycles. The topological polar surface area (TPSA) is 26.3 Å². The highest BCUT2D eigenvalue weighted by Crippen LogP contribution is 2.14. The molecule has 2 heteroatoms. The van der Waals surface area contributed by atoms with Crippen LogP contribution >= 0.6 is 0 Å². The Labute approximate surface area is 126 Å². The number of benzene rings is 2. The highest BCUT2D eigenvalue weighted by atomic mass is 16.5. The Morgan fingerprint density at radius 3 is 2.29 bits per heavy atom. The minimum absolute atomic E-state index is 0.00468. The lowest BCUT2D eigenvalue weighted by atomic mass is 10.1. The Bertz CT molecular complexity index is 568. The number of carbonyl (C=O) groups excluding carboxylic acids is 1. The first-order chi connectivity index (χ1) is 10.2. The van der Waals surface area contributed by atoms with Crippen molar-refractivity contribution < 1.29 is 9.53 Å². The van der Waals surface area contributed by atoms with E-state index in [2.05, 4.69) is 19.1 Å². The van der Waals surface area contributed by atoms with E-state index in [0.717, 1.165) is 17.7 Å². The van der Waals surface area contributed by atoms with Gasteiger partial charge in [-0.1, -0.05) is 55.3 Å². The minimum Gasteiger partial charge on any atom is -0.485 e. The molecule has 0 aliphatic rings. The normalized spacial score (nSPS) is 10.4. The SMILES string of the molecule is CCCCc1ccc(OCC(=O)c2ccc(C)cc2)cc1. The zero-order chi connectivity index (χ0) is 15.1. The second kappa shape index (κ2) is 7.63. The quantitative estimate of drug-likeness (QED) is 0.694. The van der Waals surface area contributed by atoms with Crippen LogP contribution in [-0.2, 0) is 6.42 Å². The summed E-state index contributed by atoms with van der Waals surface area (Å²) in [5, 5.41) is 0. The van der Waals surface area contributed by atoms with E-state index in [0.29, 0.717) is 5.56 Å². The first-order valence-corrected chi connectivity index (χ1v) is 7.50. The van der Waals surface area contributed by atoms with Crippen LogP contribution in [0.15, 0.2) is 48.5 Å². The maximum Gasteiger partial charge on any atom is 0.200 e. The average Bonchev–Trinajstić information content (AvgIpc) is 2.52. The van der Waals surface area contributed by atoms with Gasteiger partial charge in [-0.05, 0) is 37.5 Å². The molecule has 0 spiro atoms. The van der Waals surface area contributed by atoms with E-state index in [-0.39, 0.29) is 12.4 Å². The van der Waals surface area contributed by atoms with Crippen LogP contribution < -0.4 is 4.74 Å². The number of hydrogen-bond acceptors (Lipinski definition) is 2. The monoisotopic (exact) mass is 282 g/mol. The Morgan fingerprint density at radius 1 is 1.00 bits per heavy atom. The molecule has 0 unspecified atom stereocenters. The summed E-state index contributed by atoms with van der Waals surface area (Å²) in [7, 11) is 0. The first kappa shape index (κ1) is 15.3. The van der Waals surface area contributed by atoms with E-state index >= 15 is 0 Å². The van der Waals surface area contributed by atoms with E-state index in [1.807, 2.05) is 43.3 Å². The predicted molar refractivity (Wildman–Crippen MR) is 86.1 cm³/mol. The molecule has 0 radical (unpaired) electrons. The Hall–Kier alpha value is -2.09. The van der Waals surface area contributed by atoms with Crippen LogP contribution in [0.1, 0.15) is 41.3 Å². The maximum absolute atomic E-state index is 12.0.